The topological polar surface area (TPSA) is 37.8 Å². The van der Waals surface area contributed by atoms with Gasteiger partial charge in [0.1, 0.15) is 5.82 Å². The Bertz CT molecular complexity index is 272. The van der Waals surface area contributed by atoms with Crippen molar-refractivity contribution in [3.8, 4) is 0 Å². The minimum atomic E-state index is 0.785. The zero-order chi connectivity index (χ0) is 12.3. The molecule has 3 nitrogen and oxygen atoms in total. The van der Waals surface area contributed by atoms with Crippen LogP contribution in [-0.4, -0.2) is 16.5 Å². The van der Waals surface area contributed by atoms with Crippen LogP contribution in [0.25, 0.3) is 0 Å². The van der Waals surface area contributed by atoms with E-state index in [9.17, 15) is 0 Å². The van der Waals surface area contributed by atoms with E-state index in [2.05, 4.69) is 29.1 Å². The molecule has 1 N–H and O–H groups in total. The predicted octanol–water partition coefficient (Wildman–Crippen LogP) is 3.17. The van der Waals surface area contributed by atoms with Gasteiger partial charge in [-0.1, -0.05) is 39.5 Å². The summed E-state index contributed by atoms with van der Waals surface area (Å²) in [7, 11) is 0. The molecule has 17 heavy (non-hydrogen) atoms. The third-order valence-electron chi connectivity index (χ3n) is 2.79. The molecule has 1 aromatic rings. The summed E-state index contributed by atoms with van der Waals surface area (Å²) in [4.78, 5) is 8.34. The largest absolute Gasteiger partial charge is 0.310 e. The van der Waals surface area contributed by atoms with Crippen LogP contribution in [0.3, 0.4) is 0 Å². The van der Waals surface area contributed by atoms with E-state index < -0.39 is 0 Å². The number of aromatic nitrogens is 2. The van der Waals surface area contributed by atoms with E-state index in [0.29, 0.717) is 0 Å². The van der Waals surface area contributed by atoms with Gasteiger partial charge in [0, 0.05) is 12.4 Å². The molecule has 0 aromatic carbocycles. The minimum absolute atomic E-state index is 0.785. The number of hydrogen-bond acceptors (Lipinski definition) is 3. The molecule has 0 aliphatic carbocycles. The SMILES string of the molecule is CC(C)CCCCCCNCc1ncccn1. The van der Waals surface area contributed by atoms with E-state index in [1.54, 1.807) is 12.4 Å². The standard InChI is InChI=1S/C14H25N3/c1-13(2)8-5-3-4-6-9-15-12-14-16-10-7-11-17-14/h7,10-11,13,15H,3-6,8-9,12H2,1-2H3. The fourth-order valence-corrected chi connectivity index (χ4v) is 1.78. The molecule has 1 heterocycles. The second-order valence-corrected chi connectivity index (χ2v) is 4.94. The smallest absolute Gasteiger partial charge is 0.141 e. The highest BCUT2D eigenvalue weighted by Gasteiger charge is 1.95. The van der Waals surface area contributed by atoms with Gasteiger partial charge in [-0.2, -0.15) is 0 Å². The van der Waals surface area contributed by atoms with Crippen LogP contribution in [0.15, 0.2) is 18.5 Å². The van der Waals surface area contributed by atoms with Crippen LogP contribution in [0.5, 0.6) is 0 Å². The molecule has 1 rings (SSSR count). The van der Waals surface area contributed by atoms with E-state index >= 15 is 0 Å². The molecule has 0 fully saturated rings. The first-order valence-corrected chi connectivity index (χ1v) is 6.75. The summed E-state index contributed by atoms with van der Waals surface area (Å²) >= 11 is 0. The van der Waals surface area contributed by atoms with Crippen molar-refractivity contribution in [3.05, 3.63) is 24.3 Å². The normalized spacial score (nSPS) is 11.0. The summed E-state index contributed by atoms with van der Waals surface area (Å²) in [6.45, 7) is 6.44. The maximum absolute atomic E-state index is 4.17. The molecule has 0 amide bonds. The molecule has 0 bridgehead atoms. The molecule has 0 unspecified atom stereocenters. The van der Waals surface area contributed by atoms with Crippen molar-refractivity contribution in [2.45, 2.75) is 52.5 Å². The van der Waals surface area contributed by atoms with Gasteiger partial charge < -0.3 is 5.32 Å². The number of unbranched alkanes of at least 4 members (excludes halogenated alkanes) is 3. The first-order chi connectivity index (χ1) is 8.29. The highest BCUT2D eigenvalue weighted by atomic mass is 14.9. The molecule has 0 atom stereocenters. The van der Waals surface area contributed by atoms with Crippen LogP contribution in [0.4, 0.5) is 0 Å². The third kappa shape index (κ3) is 7.86. The monoisotopic (exact) mass is 235 g/mol. The maximum Gasteiger partial charge on any atom is 0.141 e. The summed E-state index contributed by atoms with van der Waals surface area (Å²) < 4.78 is 0. The van der Waals surface area contributed by atoms with E-state index in [-0.39, 0.29) is 0 Å². The van der Waals surface area contributed by atoms with Crippen molar-refractivity contribution in [1.29, 1.82) is 0 Å². The zero-order valence-electron chi connectivity index (χ0n) is 11.2. The van der Waals surface area contributed by atoms with Crippen molar-refractivity contribution < 1.29 is 0 Å². The van der Waals surface area contributed by atoms with Crippen molar-refractivity contribution in [2.24, 2.45) is 5.92 Å². The van der Waals surface area contributed by atoms with Gasteiger partial charge in [0.15, 0.2) is 0 Å². The molecule has 0 aliphatic heterocycles. The first kappa shape index (κ1) is 14.1. The van der Waals surface area contributed by atoms with Crippen molar-refractivity contribution >= 4 is 0 Å². The lowest BCUT2D eigenvalue weighted by Crippen LogP contribution is -2.16. The fourth-order valence-electron chi connectivity index (χ4n) is 1.78. The molecule has 3 heteroatoms. The summed E-state index contributed by atoms with van der Waals surface area (Å²) in [6.07, 6.45) is 10.3. The van der Waals surface area contributed by atoms with Gasteiger partial charge in [-0.05, 0) is 24.9 Å². The number of nitrogens with one attached hydrogen (secondary N) is 1. The molecule has 1 aromatic heterocycles. The van der Waals surface area contributed by atoms with Crippen LogP contribution in [0.2, 0.25) is 0 Å². The summed E-state index contributed by atoms with van der Waals surface area (Å²) in [6, 6.07) is 1.85. The van der Waals surface area contributed by atoms with E-state index in [1.807, 2.05) is 6.07 Å². The molecule has 0 saturated carbocycles. The average molecular weight is 235 g/mol. The minimum Gasteiger partial charge on any atom is -0.310 e. The predicted molar refractivity (Wildman–Crippen MR) is 71.7 cm³/mol. The molecule has 0 spiro atoms. The van der Waals surface area contributed by atoms with Gasteiger partial charge in [0.2, 0.25) is 0 Å². The lowest BCUT2D eigenvalue weighted by atomic mass is 10.0. The Kier molecular flexibility index (Phi) is 7.56. The summed E-state index contributed by atoms with van der Waals surface area (Å²) in [5.41, 5.74) is 0. The Morgan fingerprint density at radius 1 is 1.06 bits per heavy atom. The van der Waals surface area contributed by atoms with Gasteiger partial charge in [-0.3, -0.25) is 0 Å². The van der Waals surface area contributed by atoms with Crippen LogP contribution < -0.4 is 5.32 Å². The van der Waals surface area contributed by atoms with Gasteiger partial charge in [-0.15, -0.1) is 0 Å². The molecular formula is C14H25N3. The Morgan fingerprint density at radius 2 is 1.76 bits per heavy atom. The average Bonchev–Trinajstić information content (AvgIpc) is 2.33. The van der Waals surface area contributed by atoms with Crippen LogP contribution in [0, 0.1) is 5.92 Å². The number of rotatable bonds is 9. The van der Waals surface area contributed by atoms with Crippen molar-refractivity contribution in [3.63, 3.8) is 0 Å². The van der Waals surface area contributed by atoms with Crippen LogP contribution in [-0.2, 0) is 6.54 Å². The van der Waals surface area contributed by atoms with E-state index in [0.717, 1.165) is 24.8 Å². The van der Waals surface area contributed by atoms with Gasteiger partial charge in [0.05, 0.1) is 6.54 Å². The van der Waals surface area contributed by atoms with E-state index in [4.69, 9.17) is 0 Å². The Morgan fingerprint density at radius 3 is 2.47 bits per heavy atom. The second-order valence-electron chi connectivity index (χ2n) is 4.94. The quantitative estimate of drug-likeness (QED) is 0.668. The molecule has 0 saturated heterocycles. The van der Waals surface area contributed by atoms with E-state index in [1.165, 1.54) is 32.1 Å². The van der Waals surface area contributed by atoms with Crippen molar-refractivity contribution in [2.75, 3.05) is 6.54 Å². The fraction of sp³-hybridized carbons (Fsp3) is 0.714. The Hall–Kier alpha value is -0.960. The summed E-state index contributed by atoms with van der Waals surface area (Å²) in [5.74, 6) is 1.73. The highest BCUT2D eigenvalue weighted by Crippen LogP contribution is 2.08. The van der Waals surface area contributed by atoms with Gasteiger partial charge in [0.25, 0.3) is 0 Å². The maximum atomic E-state index is 4.17. The first-order valence-electron chi connectivity index (χ1n) is 6.75. The second kappa shape index (κ2) is 9.11. The molecule has 0 radical (unpaired) electrons. The van der Waals surface area contributed by atoms with Crippen LogP contribution >= 0.6 is 0 Å². The lowest BCUT2D eigenvalue weighted by Gasteiger charge is -2.05. The van der Waals surface area contributed by atoms with Crippen molar-refractivity contribution in [1.82, 2.24) is 15.3 Å². The number of hydrogen-bond donors (Lipinski definition) is 1. The highest BCUT2D eigenvalue weighted by molar-refractivity contribution is 4.87. The third-order valence-corrected chi connectivity index (χ3v) is 2.79. The lowest BCUT2D eigenvalue weighted by molar-refractivity contribution is 0.511. The Labute approximate surface area is 105 Å². The zero-order valence-corrected chi connectivity index (χ0v) is 11.2. The summed E-state index contributed by atoms with van der Waals surface area (Å²) in [5, 5.41) is 3.38. The Balaban J connectivity index is 1.88. The molecule has 0 aliphatic rings. The van der Waals surface area contributed by atoms with Gasteiger partial charge in [-0.25, -0.2) is 9.97 Å². The van der Waals surface area contributed by atoms with Gasteiger partial charge >= 0.3 is 0 Å². The van der Waals surface area contributed by atoms with Crippen LogP contribution in [0.1, 0.15) is 51.8 Å². The molecule has 96 valence electrons. The number of nitrogens with zero attached hydrogens (tertiary/aromatic N) is 2. The molecular weight excluding hydrogens is 210 g/mol.